The van der Waals surface area contributed by atoms with Gasteiger partial charge in [-0.2, -0.15) is 5.10 Å². The molecular weight excluding hydrogens is 334 g/mol. The van der Waals surface area contributed by atoms with Crippen LogP contribution in [0, 0.1) is 0 Å². The highest BCUT2D eigenvalue weighted by molar-refractivity contribution is 5.76. The number of rotatable bonds is 5. The maximum absolute atomic E-state index is 12.6. The number of hydrogen-bond donors (Lipinski definition) is 1. The molecule has 4 rings (SSSR count). The standard InChI is InChI=1S/C18H21N5O3/c1-25-16-9-14(26-22-16)5-7-17(24)23-8-2-3-13(11-23)15-6-4-12-10-19-21-18(12)20-15/h4,6,9-10,13H,2-3,5,7-8,11H2,1H3,(H,19,20,21). The molecule has 1 unspecified atom stereocenters. The zero-order chi connectivity index (χ0) is 17.9. The van der Waals surface area contributed by atoms with Crippen molar-refractivity contribution in [3.05, 3.63) is 35.9 Å². The summed E-state index contributed by atoms with van der Waals surface area (Å²) in [5.74, 6) is 1.49. The molecule has 0 bridgehead atoms. The third-order valence-corrected chi connectivity index (χ3v) is 4.85. The number of H-pyrrole nitrogens is 1. The first kappa shape index (κ1) is 16.6. The number of pyridine rings is 1. The van der Waals surface area contributed by atoms with Crippen molar-refractivity contribution in [1.29, 1.82) is 0 Å². The molecule has 1 fully saturated rings. The van der Waals surface area contributed by atoms with E-state index in [9.17, 15) is 4.79 Å². The van der Waals surface area contributed by atoms with Gasteiger partial charge in [0.1, 0.15) is 5.76 Å². The number of nitrogens with zero attached hydrogens (tertiary/aromatic N) is 4. The minimum Gasteiger partial charge on any atom is -0.479 e. The number of aromatic amines is 1. The Balaban J connectivity index is 1.38. The van der Waals surface area contributed by atoms with E-state index in [0.717, 1.165) is 36.1 Å². The Morgan fingerprint density at radius 2 is 2.38 bits per heavy atom. The average molecular weight is 355 g/mol. The van der Waals surface area contributed by atoms with Crippen LogP contribution < -0.4 is 4.74 Å². The van der Waals surface area contributed by atoms with Gasteiger partial charge in [-0.15, -0.1) is 0 Å². The number of hydrogen-bond acceptors (Lipinski definition) is 6. The Bertz CT molecular complexity index is 903. The summed E-state index contributed by atoms with van der Waals surface area (Å²) in [6.45, 7) is 1.49. The van der Waals surface area contributed by atoms with Crippen LogP contribution in [-0.4, -0.2) is 51.3 Å². The lowest BCUT2D eigenvalue weighted by Gasteiger charge is -2.32. The highest BCUT2D eigenvalue weighted by atomic mass is 16.5. The highest BCUT2D eigenvalue weighted by Gasteiger charge is 2.26. The van der Waals surface area contributed by atoms with E-state index in [1.165, 1.54) is 7.11 Å². The van der Waals surface area contributed by atoms with Gasteiger partial charge in [-0.05, 0) is 30.1 Å². The van der Waals surface area contributed by atoms with Crippen LogP contribution in [0.25, 0.3) is 11.0 Å². The summed E-state index contributed by atoms with van der Waals surface area (Å²) < 4.78 is 10.1. The summed E-state index contributed by atoms with van der Waals surface area (Å²) in [4.78, 5) is 19.2. The van der Waals surface area contributed by atoms with E-state index in [1.54, 1.807) is 12.3 Å². The first-order valence-electron chi connectivity index (χ1n) is 8.80. The van der Waals surface area contributed by atoms with E-state index in [4.69, 9.17) is 9.26 Å². The topological polar surface area (TPSA) is 97.1 Å². The van der Waals surface area contributed by atoms with E-state index in [2.05, 4.69) is 20.3 Å². The van der Waals surface area contributed by atoms with Crippen LogP contribution in [0.2, 0.25) is 0 Å². The Hall–Kier alpha value is -2.90. The SMILES string of the molecule is COc1cc(CCC(=O)N2CCCC(c3ccc4cn[nH]c4n3)C2)on1. The van der Waals surface area contributed by atoms with Gasteiger partial charge in [0.15, 0.2) is 5.65 Å². The Morgan fingerprint density at radius 1 is 1.46 bits per heavy atom. The second-order valence-corrected chi connectivity index (χ2v) is 6.56. The average Bonchev–Trinajstić information content (AvgIpc) is 3.34. The molecule has 1 aliphatic rings. The molecule has 0 aromatic carbocycles. The molecule has 0 radical (unpaired) electrons. The van der Waals surface area contributed by atoms with Crippen LogP contribution in [0.15, 0.2) is 28.9 Å². The van der Waals surface area contributed by atoms with Crippen molar-refractivity contribution < 1.29 is 14.1 Å². The fourth-order valence-electron chi connectivity index (χ4n) is 3.41. The Morgan fingerprint density at radius 3 is 3.23 bits per heavy atom. The zero-order valence-corrected chi connectivity index (χ0v) is 14.6. The van der Waals surface area contributed by atoms with Gasteiger partial charge in [-0.1, -0.05) is 0 Å². The minimum atomic E-state index is 0.132. The molecule has 1 saturated heterocycles. The molecule has 0 aliphatic carbocycles. The van der Waals surface area contributed by atoms with Crippen molar-refractivity contribution in [3.63, 3.8) is 0 Å². The summed E-state index contributed by atoms with van der Waals surface area (Å²) in [5, 5.41) is 11.7. The van der Waals surface area contributed by atoms with E-state index in [1.807, 2.05) is 17.0 Å². The monoisotopic (exact) mass is 355 g/mol. The molecule has 1 aliphatic heterocycles. The summed E-state index contributed by atoms with van der Waals surface area (Å²) >= 11 is 0. The lowest BCUT2D eigenvalue weighted by Crippen LogP contribution is -2.39. The second-order valence-electron chi connectivity index (χ2n) is 6.56. The molecule has 136 valence electrons. The Labute approximate surface area is 150 Å². The fraction of sp³-hybridized carbons (Fsp3) is 0.444. The number of likely N-dealkylation sites (tertiary alicyclic amines) is 1. The number of fused-ring (bicyclic) bond motifs is 1. The second kappa shape index (κ2) is 7.15. The van der Waals surface area contributed by atoms with E-state index in [-0.39, 0.29) is 11.8 Å². The van der Waals surface area contributed by atoms with Crippen LogP contribution in [-0.2, 0) is 11.2 Å². The molecule has 0 saturated carbocycles. The minimum absolute atomic E-state index is 0.132. The number of piperidine rings is 1. The van der Waals surface area contributed by atoms with Crippen LogP contribution in [0.1, 0.15) is 36.6 Å². The van der Waals surface area contributed by atoms with E-state index < -0.39 is 0 Å². The van der Waals surface area contributed by atoms with Crippen LogP contribution in [0.5, 0.6) is 5.88 Å². The van der Waals surface area contributed by atoms with E-state index >= 15 is 0 Å². The van der Waals surface area contributed by atoms with Gasteiger partial charge in [0, 0.05) is 49.0 Å². The van der Waals surface area contributed by atoms with Crippen molar-refractivity contribution >= 4 is 16.9 Å². The normalized spacial score (nSPS) is 17.6. The van der Waals surface area contributed by atoms with Crippen molar-refractivity contribution in [3.8, 4) is 5.88 Å². The summed E-state index contributed by atoms with van der Waals surface area (Å²) in [6.07, 6.45) is 4.71. The Kier molecular flexibility index (Phi) is 4.55. The van der Waals surface area contributed by atoms with Crippen LogP contribution in [0.3, 0.4) is 0 Å². The number of amides is 1. The maximum Gasteiger partial charge on any atom is 0.254 e. The number of carbonyl (C=O) groups is 1. The van der Waals surface area contributed by atoms with Gasteiger partial charge < -0.3 is 14.2 Å². The van der Waals surface area contributed by atoms with Crippen LogP contribution >= 0.6 is 0 Å². The van der Waals surface area contributed by atoms with E-state index in [0.29, 0.717) is 31.0 Å². The first-order chi connectivity index (χ1) is 12.7. The van der Waals surface area contributed by atoms with Crippen LogP contribution in [0.4, 0.5) is 0 Å². The molecule has 26 heavy (non-hydrogen) atoms. The molecular formula is C18H21N5O3. The molecule has 1 N–H and O–H groups in total. The van der Waals surface area contributed by atoms with Gasteiger partial charge in [0.2, 0.25) is 5.91 Å². The zero-order valence-electron chi connectivity index (χ0n) is 14.6. The maximum atomic E-state index is 12.6. The molecule has 8 nitrogen and oxygen atoms in total. The van der Waals surface area contributed by atoms with Gasteiger partial charge in [-0.25, -0.2) is 4.98 Å². The molecule has 1 amide bonds. The number of carbonyl (C=O) groups excluding carboxylic acids is 1. The number of aromatic nitrogens is 4. The number of nitrogens with one attached hydrogen (secondary N) is 1. The van der Waals surface area contributed by atoms with Crippen molar-refractivity contribution in [2.24, 2.45) is 0 Å². The summed E-state index contributed by atoms with van der Waals surface area (Å²) in [7, 11) is 1.54. The predicted molar refractivity (Wildman–Crippen MR) is 93.8 cm³/mol. The fourth-order valence-corrected chi connectivity index (χ4v) is 3.41. The third kappa shape index (κ3) is 3.40. The van der Waals surface area contributed by atoms with Gasteiger partial charge in [0.05, 0.1) is 13.3 Å². The third-order valence-electron chi connectivity index (χ3n) is 4.85. The lowest BCUT2D eigenvalue weighted by atomic mass is 9.94. The quantitative estimate of drug-likeness (QED) is 0.754. The number of methoxy groups -OCH3 is 1. The molecule has 1 atom stereocenters. The van der Waals surface area contributed by atoms with Crippen molar-refractivity contribution in [2.75, 3.05) is 20.2 Å². The molecule has 3 aromatic rings. The van der Waals surface area contributed by atoms with Gasteiger partial charge in [0.25, 0.3) is 5.88 Å². The summed E-state index contributed by atoms with van der Waals surface area (Å²) in [5.41, 5.74) is 1.81. The highest BCUT2D eigenvalue weighted by Crippen LogP contribution is 2.27. The largest absolute Gasteiger partial charge is 0.479 e. The summed E-state index contributed by atoms with van der Waals surface area (Å²) in [6, 6.07) is 5.78. The van der Waals surface area contributed by atoms with Gasteiger partial charge in [-0.3, -0.25) is 9.89 Å². The van der Waals surface area contributed by atoms with Crippen molar-refractivity contribution in [2.45, 2.75) is 31.6 Å². The molecule has 0 spiro atoms. The predicted octanol–water partition coefficient (Wildman–Crippen LogP) is 2.29. The smallest absolute Gasteiger partial charge is 0.254 e. The number of aryl methyl sites for hydroxylation is 1. The molecule has 3 aromatic heterocycles. The number of ether oxygens (including phenoxy) is 1. The van der Waals surface area contributed by atoms with Crippen molar-refractivity contribution in [1.82, 2.24) is 25.2 Å². The molecule has 4 heterocycles. The molecule has 8 heteroatoms. The lowest BCUT2D eigenvalue weighted by molar-refractivity contribution is -0.132. The van der Waals surface area contributed by atoms with Gasteiger partial charge >= 0.3 is 0 Å². The first-order valence-corrected chi connectivity index (χ1v) is 8.80.